The molecule has 2 amide bonds. The zero-order chi connectivity index (χ0) is 20.3. The average molecular weight is 414 g/mol. The van der Waals surface area contributed by atoms with Gasteiger partial charge < -0.3 is 9.80 Å². The first kappa shape index (κ1) is 19.6. The van der Waals surface area contributed by atoms with Gasteiger partial charge in [0.15, 0.2) is 0 Å². The Hall–Kier alpha value is -1.10. The minimum atomic E-state index is -0.178. The molecule has 5 nitrogen and oxygen atoms in total. The molecule has 3 aliphatic heterocycles. The number of carbonyl (C=O) groups excluding carboxylic acids is 2. The third-order valence-electron chi connectivity index (χ3n) is 9.66. The summed E-state index contributed by atoms with van der Waals surface area (Å²) >= 11 is 0. The monoisotopic (exact) mass is 413 g/mol. The number of rotatable bonds is 3. The second-order valence-corrected chi connectivity index (χ2v) is 11.7. The lowest BCUT2D eigenvalue weighted by molar-refractivity contribution is -0.162. The van der Waals surface area contributed by atoms with Gasteiger partial charge in [-0.25, -0.2) is 0 Å². The van der Waals surface area contributed by atoms with Gasteiger partial charge in [-0.1, -0.05) is 0 Å². The molecule has 0 spiro atoms. The van der Waals surface area contributed by atoms with E-state index in [2.05, 4.69) is 14.7 Å². The fourth-order valence-electron chi connectivity index (χ4n) is 8.71. The van der Waals surface area contributed by atoms with E-state index in [1.54, 1.807) is 0 Å². The highest BCUT2D eigenvalue weighted by molar-refractivity contribution is 5.91. The Labute approximate surface area is 181 Å². The van der Waals surface area contributed by atoms with Crippen LogP contribution in [0.3, 0.4) is 0 Å². The van der Waals surface area contributed by atoms with Crippen molar-refractivity contribution in [3.05, 3.63) is 0 Å². The summed E-state index contributed by atoms with van der Waals surface area (Å²) in [6.45, 7) is 4.98. The van der Waals surface area contributed by atoms with Crippen molar-refractivity contribution in [2.45, 2.75) is 89.1 Å². The van der Waals surface area contributed by atoms with Crippen molar-refractivity contribution >= 4 is 11.8 Å². The van der Waals surface area contributed by atoms with Crippen molar-refractivity contribution in [2.75, 3.05) is 32.7 Å². The molecule has 3 heterocycles. The van der Waals surface area contributed by atoms with Crippen LogP contribution in [-0.2, 0) is 9.59 Å². The zero-order valence-corrected chi connectivity index (χ0v) is 18.6. The molecule has 4 saturated carbocycles. The van der Waals surface area contributed by atoms with Gasteiger partial charge in [-0.05, 0) is 108 Å². The first-order chi connectivity index (χ1) is 14.6. The van der Waals surface area contributed by atoms with E-state index in [-0.39, 0.29) is 17.4 Å². The largest absolute Gasteiger partial charge is 0.339 e. The molecular weight excluding hydrogens is 374 g/mol. The van der Waals surface area contributed by atoms with Crippen LogP contribution in [0.15, 0.2) is 0 Å². The van der Waals surface area contributed by atoms with Crippen molar-refractivity contribution in [1.82, 2.24) is 14.7 Å². The number of nitrogens with zero attached hydrogens (tertiary/aromatic N) is 3. The molecule has 4 bridgehead atoms. The standard InChI is InChI=1S/C25H39N3O2/c29-23(27-9-3-5-21(17-27)26-7-1-2-8-26)22-6-4-10-28(22)24(30)25-14-18-11-19(15-25)13-20(12-18)16-25/h18-22H,1-17H2. The van der Waals surface area contributed by atoms with Crippen LogP contribution >= 0.6 is 0 Å². The Bertz CT molecular complexity index is 665. The molecule has 0 N–H and O–H groups in total. The summed E-state index contributed by atoms with van der Waals surface area (Å²) in [6.07, 6.45) is 14.2. The Morgan fingerprint density at radius 1 is 0.733 bits per heavy atom. The predicted molar refractivity (Wildman–Crippen MR) is 116 cm³/mol. The minimum Gasteiger partial charge on any atom is -0.339 e. The third kappa shape index (κ3) is 3.22. The van der Waals surface area contributed by atoms with Crippen LogP contribution in [0.25, 0.3) is 0 Å². The van der Waals surface area contributed by atoms with E-state index in [4.69, 9.17) is 0 Å². The molecule has 0 aromatic carbocycles. The molecule has 0 aromatic rings. The highest BCUT2D eigenvalue weighted by atomic mass is 16.2. The number of carbonyl (C=O) groups is 2. The van der Waals surface area contributed by atoms with Crippen molar-refractivity contribution in [3.8, 4) is 0 Å². The first-order valence-corrected chi connectivity index (χ1v) is 13.0. The molecule has 5 heteroatoms. The molecule has 2 atom stereocenters. The van der Waals surface area contributed by atoms with E-state index in [1.807, 2.05) is 0 Å². The molecule has 7 rings (SSSR count). The Kier molecular flexibility index (Phi) is 4.89. The molecular formula is C25H39N3O2. The summed E-state index contributed by atoms with van der Waals surface area (Å²) in [4.78, 5) is 34.3. The number of likely N-dealkylation sites (tertiary alicyclic amines) is 3. The van der Waals surface area contributed by atoms with Gasteiger partial charge in [0.2, 0.25) is 11.8 Å². The number of piperidine rings is 1. The lowest BCUT2D eigenvalue weighted by atomic mass is 9.49. The molecule has 30 heavy (non-hydrogen) atoms. The fourth-order valence-corrected chi connectivity index (χ4v) is 8.71. The van der Waals surface area contributed by atoms with E-state index >= 15 is 0 Å². The summed E-state index contributed by atoms with van der Waals surface area (Å²) in [5.41, 5.74) is -0.113. The average Bonchev–Trinajstić information content (AvgIpc) is 3.44. The number of hydrogen-bond donors (Lipinski definition) is 0. The number of hydrogen-bond acceptors (Lipinski definition) is 3. The van der Waals surface area contributed by atoms with Gasteiger partial charge in [-0.3, -0.25) is 14.5 Å². The van der Waals surface area contributed by atoms with Crippen LogP contribution in [0.5, 0.6) is 0 Å². The summed E-state index contributed by atoms with van der Waals surface area (Å²) in [6, 6.07) is 0.363. The van der Waals surface area contributed by atoms with Crippen molar-refractivity contribution < 1.29 is 9.59 Å². The Morgan fingerprint density at radius 2 is 1.37 bits per heavy atom. The van der Waals surface area contributed by atoms with Crippen LogP contribution in [0.4, 0.5) is 0 Å². The molecule has 0 radical (unpaired) electrons. The second-order valence-electron chi connectivity index (χ2n) is 11.7. The summed E-state index contributed by atoms with van der Waals surface area (Å²) < 4.78 is 0. The van der Waals surface area contributed by atoms with Crippen LogP contribution in [0.2, 0.25) is 0 Å². The van der Waals surface area contributed by atoms with E-state index in [0.717, 1.165) is 75.9 Å². The highest BCUT2D eigenvalue weighted by Crippen LogP contribution is 2.60. The smallest absolute Gasteiger partial charge is 0.245 e. The molecule has 0 aromatic heterocycles. The van der Waals surface area contributed by atoms with E-state index in [0.29, 0.717) is 11.9 Å². The van der Waals surface area contributed by atoms with Gasteiger partial charge in [0.1, 0.15) is 6.04 Å². The quantitative estimate of drug-likeness (QED) is 0.713. The molecule has 3 saturated heterocycles. The van der Waals surface area contributed by atoms with Crippen molar-refractivity contribution in [1.29, 1.82) is 0 Å². The highest BCUT2D eigenvalue weighted by Gasteiger charge is 2.57. The fraction of sp³-hybridized carbons (Fsp3) is 0.920. The van der Waals surface area contributed by atoms with Crippen molar-refractivity contribution in [3.63, 3.8) is 0 Å². The van der Waals surface area contributed by atoms with Gasteiger partial charge in [0.05, 0.1) is 5.41 Å². The second kappa shape index (κ2) is 7.50. The molecule has 166 valence electrons. The lowest BCUT2D eigenvalue weighted by Gasteiger charge is -2.56. The predicted octanol–water partition coefficient (Wildman–Crippen LogP) is 3.28. The van der Waals surface area contributed by atoms with E-state index < -0.39 is 0 Å². The van der Waals surface area contributed by atoms with Crippen LogP contribution in [0, 0.1) is 23.2 Å². The van der Waals surface area contributed by atoms with Gasteiger partial charge >= 0.3 is 0 Å². The maximum Gasteiger partial charge on any atom is 0.245 e. The van der Waals surface area contributed by atoms with Crippen LogP contribution < -0.4 is 0 Å². The zero-order valence-electron chi connectivity index (χ0n) is 18.6. The Balaban J connectivity index is 1.16. The molecule has 7 aliphatic rings. The Morgan fingerprint density at radius 3 is 2.03 bits per heavy atom. The van der Waals surface area contributed by atoms with Crippen molar-refractivity contribution in [2.24, 2.45) is 23.2 Å². The van der Waals surface area contributed by atoms with Gasteiger partial charge in [0.25, 0.3) is 0 Å². The first-order valence-electron chi connectivity index (χ1n) is 13.0. The van der Waals surface area contributed by atoms with Crippen LogP contribution in [0.1, 0.15) is 77.0 Å². The van der Waals surface area contributed by atoms with Gasteiger partial charge in [0, 0.05) is 25.7 Å². The minimum absolute atomic E-state index is 0.113. The van der Waals surface area contributed by atoms with E-state index in [9.17, 15) is 9.59 Å². The molecule has 4 aliphatic carbocycles. The summed E-state index contributed by atoms with van der Waals surface area (Å²) in [5.74, 6) is 2.96. The lowest BCUT2D eigenvalue weighted by Crippen LogP contribution is -2.58. The summed E-state index contributed by atoms with van der Waals surface area (Å²) in [7, 11) is 0. The van der Waals surface area contributed by atoms with Gasteiger partial charge in [-0.2, -0.15) is 0 Å². The van der Waals surface area contributed by atoms with Gasteiger partial charge in [-0.15, -0.1) is 0 Å². The molecule has 2 unspecified atom stereocenters. The van der Waals surface area contributed by atoms with E-state index in [1.165, 1.54) is 51.6 Å². The molecule has 7 fully saturated rings. The third-order valence-corrected chi connectivity index (χ3v) is 9.66. The SMILES string of the molecule is O=C(C1CCCN1C(=O)C12CC3CC(CC(C3)C1)C2)N1CCCC(N2CCCC2)C1. The maximum absolute atomic E-state index is 13.9. The topological polar surface area (TPSA) is 43.9 Å². The summed E-state index contributed by atoms with van der Waals surface area (Å²) in [5, 5.41) is 0. The normalized spacial score (nSPS) is 43.5. The van der Waals surface area contributed by atoms with Crippen LogP contribution in [-0.4, -0.2) is 71.3 Å². The maximum atomic E-state index is 13.9. The number of amides is 2.